The number of likely N-dealkylation sites (tertiary alicyclic amines) is 1. The molecule has 1 aromatic heterocycles. The summed E-state index contributed by atoms with van der Waals surface area (Å²) in [4.78, 5) is 27.8. The van der Waals surface area contributed by atoms with Crippen molar-refractivity contribution in [3.63, 3.8) is 0 Å². The lowest BCUT2D eigenvalue weighted by Crippen LogP contribution is -2.36. The first kappa shape index (κ1) is 24.3. The molecule has 0 unspecified atom stereocenters. The van der Waals surface area contributed by atoms with Crippen molar-refractivity contribution in [1.29, 1.82) is 0 Å². The van der Waals surface area contributed by atoms with Gasteiger partial charge in [-0.2, -0.15) is 0 Å². The second-order valence-corrected chi connectivity index (χ2v) is 9.01. The van der Waals surface area contributed by atoms with E-state index in [0.717, 1.165) is 24.0 Å². The number of nitrogens with zero attached hydrogens (tertiary/aromatic N) is 1. The minimum atomic E-state index is -0.366. The lowest BCUT2D eigenvalue weighted by Gasteiger charge is -2.25. The van der Waals surface area contributed by atoms with Crippen LogP contribution in [0, 0.1) is 5.82 Å². The quantitative estimate of drug-likeness (QED) is 0.330. The Labute approximate surface area is 214 Å². The van der Waals surface area contributed by atoms with E-state index in [4.69, 9.17) is 9.15 Å². The fourth-order valence-corrected chi connectivity index (χ4v) is 4.88. The molecule has 37 heavy (non-hydrogen) atoms. The van der Waals surface area contributed by atoms with Gasteiger partial charge >= 0.3 is 0 Å². The number of hydrogen-bond acceptors (Lipinski definition) is 4. The molecule has 3 aromatic carbocycles. The second kappa shape index (κ2) is 9.93. The molecule has 1 aliphatic rings. The Morgan fingerprint density at radius 1 is 1.03 bits per heavy atom. The number of ether oxygens (including phenoxy) is 1. The van der Waals surface area contributed by atoms with E-state index in [1.54, 1.807) is 26.3 Å². The summed E-state index contributed by atoms with van der Waals surface area (Å²) in [6, 6.07) is 18.8. The van der Waals surface area contributed by atoms with Gasteiger partial charge < -0.3 is 19.4 Å². The topological polar surface area (TPSA) is 71.8 Å². The highest BCUT2D eigenvalue weighted by atomic mass is 19.1. The van der Waals surface area contributed by atoms with E-state index in [9.17, 15) is 14.0 Å². The van der Waals surface area contributed by atoms with Gasteiger partial charge in [-0.05, 0) is 72.5 Å². The maximum Gasteiger partial charge on any atom is 0.255 e. The molecule has 6 nitrogen and oxygen atoms in total. The largest absolute Gasteiger partial charge is 0.500 e. The molecule has 1 atom stereocenters. The molecule has 0 spiro atoms. The molecule has 5 rings (SSSR count). The van der Waals surface area contributed by atoms with Gasteiger partial charge in [-0.15, -0.1) is 0 Å². The van der Waals surface area contributed by atoms with Crippen LogP contribution in [-0.4, -0.2) is 43.5 Å². The third-order valence-electron chi connectivity index (χ3n) is 6.86. The number of rotatable bonds is 6. The summed E-state index contributed by atoms with van der Waals surface area (Å²) >= 11 is 0. The van der Waals surface area contributed by atoms with Crippen LogP contribution in [0.5, 0.6) is 0 Å². The molecule has 4 aromatic rings. The highest BCUT2D eigenvalue weighted by molar-refractivity contribution is 6.11. The highest BCUT2D eigenvalue weighted by Gasteiger charge is 2.32. The zero-order chi connectivity index (χ0) is 26.1. The molecule has 1 saturated heterocycles. The van der Waals surface area contributed by atoms with Crippen LogP contribution in [0.2, 0.25) is 0 Å². The van der Waals surface area contributed by atoms with Crippen LogP contribution >= 0.6 is 0 Å². The van der Waals surface area contributed by atoms with E-state index in [1.807, 2.05) is 47.4 Å². The number of amides is 2. The minimum Gasteiger partial charge on any atom is -0.500 e. The number of nitrogens with one attached hydrogen (secondary N) is 1. The van der Waals surface area contributed by atoms with Gasteiger partial charge in [0, 0.05) is 30.1 Å². The third kappa shape index (κ3) is 4.48. The van der Waals surface area contributed by atoms with Crippen molar-refractivity contribution in [2.75, 3.05) is 20.7 Å². The summed E-state index contributed by atoms with van der Waals surface area (Å²) in [6.07, 6.45) is 1.75. The number of hydrogen-bond donors (Lipinski definition) is 1. The molecule has 0 aliphatic carbocycles. The number of carbonyl (C=O) groups excluding carboxylic acids is 2. The van der Waals surface area contributed by atoms with Crippen LogP contribution < -0.4 is 5.32 Å². The van der Waals surface area contributed by atoms with Gasteiger partial charge in [0.15, 0.2) is 0 Å². The molecule has 1 aliphatic heterocycles. The predicted molar refractivity (Wildman–Crippen MR) is 141 cm³/mol. The molecule has 0 radical (unpaired) electrons. The molecule has 0 saturated carbocycles. The van der Waals surface area contributed by atoms with Gasteiger partial charge in [0.05, 0.1) is 18.7 Å². The molecule has 0 bridgehead atoms. The summed E-state index contributed by atoms with van der Waals surface area (Å²) in [6.45, 7) is 4.61. The number of benzene rings is 3. The first-order valence-electron chi connectivity index (χ1n) is 12.1. The molecule has 2 heterocycles. The minimum absolute atomic E-state index is 0.0524. The SMILES string of the molecule is C=C(OC)[C@H]1CCCN1C(=O)c1ccc(-c2ccc3oc(-c4ccc(F)cc4)c(C(=O)NC)c3c2)cc1. The van der Waals surface area contributed by atoms with Gasteiger partial charge in [0.25, 0.3) is 11.8 Å². The Morgan fingerprint density at radius 3 is 2.38 bits per heavy atom. The first-order valence-corrected chi connectivity index (χ1v) is 12.1. The van der Waals surface area contributed by atoms with Gasteiger partial charge in [0.2, 0.25) is 0 Å². The molecule has 2 amide bonds. The molecular weight excluding hydrogens is 471 g/mol. The van der Waals surface area contributed by atoms with Crippen LogP contribution in [0.3, 0.4) is 0 Å². The maximum atomic E-state index is 13.5. The number of furan rings is 1. The van der Waals surface area contributed by atoms with Crippen molar-refractivity contribution in [1.82, 2.24) is 10.2 Å². The molecule has 188 valence electrons. The first-order chi connectivity index (χ1) is 17.9. The Balaban J connectivity index is 1.48. The van der Waals surface area contributed by atoms with E-state index >= 15 is 0 Å². The van der Waals surface area contributed by atoms with Crippen molar-refractivity contribution in [2.45, 2.75) is 18.9 Å². The van der Waals surface area contributed by atoms with Crippen molar-refractivity contribution < 1.29 is 23.1 Å². The average Bonchev–Trinajstić information content (AvgIpc) is 3.57. The average molecular weight is 499 g/mol. The Morgan fingerprint density at radius 2 is 1.70 bits per heavy atom. The summed E-state index contributed by atoms with van der Waals surface area (Å²) in [5.41, 5.74) is 3.90. The zero-order valence-corrected chi connectivity index (χ0v) is 20.7. The van der Waals surface area contributed by atoms with Gasteiger partial charge in [-0.1, -0.05) is 24.8 Å². The van der Waals surface area contributed by atoms with Crippen LogP contribution in [-0.2, 0) is 4.74 Å². The molecular formula is C30H27FN2O4. The number of methoxy groups -OCH3 is 1. The molecule has 1 fully saturated rings. The lowest BCUT2D eigenvalue weighted by atomic mass is 9.99. The third-order valence-corrected chi connectivity index (χ3v) is 6.86. The Kier molecular flexibility index (Phi) is 6.53. The number of halogens is 1. The lowest BCUT2D eigenvalue weighted by molar-refractivity contribution is 0.0717. The van der Waals surface area contributed by atoms with Gasteiger partial charge in [-0.3, -0.25) is 9.59 Å². The highest BCUT2D eigenvalue weighted by Crippen LogP contribution is 2.36. The van der Waals surface area contributed by atoms with E-state index in [-0.39, 0.29) is 23.7 Å². The van der Waals surface area contributed by atoms with Gasteiger partial charge in [-0.25, -0.2) is 4.39 Å². The van der Waals surface area contributed by atoms with E-state index in [2.05, 4.69) is 11.9 Å². The van der Waals surface area contributed by atoms with E-state index < -0.39 is 0 Å². The van der Waals surface area contributed by atoms with E-state index in [0.29, 0.717) is 45.7 Å². The van der Waals surface area contributed by atoms with Crippen LogP contribution in [0.4, 0.5) is 4.39 Å². The van der Waals surface area contributed by atoms with Crippen molar-refractivity contribution in [3.8, 4) is 22.5 Å². The number of carbonyl (C=O) groups is 2. The monoisotopic (exact) mass is 498 g/mol. The summed E-state index contributed by atoms with van der Waals surface area (Å²) in [5.74, 6) is 0.264. The summed E-state index contributed by atoms with van der Waals surface area (Å²) in [5, 5.41) is 3.32. The van der Waals surface area contributed by atoms with Crippen molar-refractivity contribution in [2.24, 2.45) is 0 Å². The van der Waals surface area contributed by atoms with Gasteiger partial charge in [0.1, 0.15) is 22.9 Å². The molecule has 7 heteroatoms. The van der Waals surface area contributed by atoms with Crippen LogP contribution in [0.15, 0.2) is 83.5 Å². The zero-order valence-electron chi connectivity index (χ0n) is 20.7. The maximum absolute atomic E-state index is 13.5. The Hall–Kier alpha value is -4.39. The Bertz CT molecular complexity index is 1490. The smallest absolute Gasteiger partial charge is 0.255 e. The molecule has 1 N–H and O–H groups in total. The van der Waals surface area contributed by atoms with E-state index in [1.165, 1.54) is 12.1 Å². The standard InChI is InChI=1S/C30H27FN2O4/c1-18(36-3)25-5-4-16-33(25)30(35)21-8-6-19(7-9-21)22-12-15-26-24(17-22)27(29(34)32-2)28(37-26)20-10-13-23(31)14-11-20/h6-15,17,25H,1,4-5,16H2,2-3H3,(H,32,34)/t25-/m1/s1. The fraction of sp³-hybridized carbons (Fsp3) is 0.200. The van der Waals surface area contributed by atoms with Crippen LogP contribution in [0.1, 0.15) is 33.6 Å². The normalized spacial score (nSPS) is 15.1. The second-order valence-electron chi connectivity index (χ2n) is 9.01. The summed E-state index contributed by atoms with van der Waals surface area (Å²) < 4.78 is 24.8. The van der Waals surface area contributed by atoms with Crippen molar-refractivity contribution >= 4 is 22.8 Å². The predicted octanol–water partition coefficient (Wildman–Crippen LogP) is 6.03. The summed E-state index contributed by atoms with van der Waals surface area (Å²) in [7, 11) is 3.13. The van der Waals surface area contributed by atoms with Crippen molar-refractivity contribution in [3.05, 3.63) is 96.0 Å². The number of fused-ring (bicyclic) bond motifs is 1. The van der Waals surface area contributed by atoms with Crippen LogP contribution in [0.25, 0.3) is 33.4 Å². The fourth-order valence-electron chi connectivity index (χ4n) is 4.88.